The summed E-state index contributed by atoms with van der Waals surface area (Å²) < 4.78 is 5.72. The summed E-state index contributed by atoms with van der Waals surface area (Å²) in [6.45, 7) is 3.18. The van der Waals surface area contributed by atoms with Crippen LogP contribution in [0.3, 0.4) is 0 Å². The lowest BCUT2D eigenvalue weighted by Gasteiger charge is -2.28. The minimum atomic E-state index is 0.155. The molecule has 0 aromatic carbocycles. The first-order valence-electron chi connectivity index (χ1n) is 5.52. The van der Waals surface area contributed by atoms with Gasteiger partial charge in [-0.25, -0.2) is 4.98 Å². The van der Waals surface area contributed by atoms with Gasteiger partial charge in [-0.2, -0.15) is 0 Å². The molecule has 0 saturated carbocycles. The number of piperidine rings is 1. The third-order valence-electron chi connectivity index (χ3n) is 2.76. The molecule has 1 N–H and O–H groups in total. The highest BCUT2D eigenvalue weighted by Crippen LogP contribution is 2.14. The Morgan fingerprint density at radius 1 is 1.47 bits per heavy atom. The van der Waals surface area contributed by atoms with E-state index in [0.29, 0.717) is 11.9 Å². The van der Waals surface area contributed by atoms with Gasteiger partial charge in [-0.1, -0.05) is 6.42 Å². The summed E-state index contributed by atoms with van der Waals surface area (Å²) in [4.78, 5) is 8.08. The van der Waals surface area contributed by atoms with Gasteiger partial charge in [0.15, 0.2) is 0 Å². The second kappa shape index (κ2) is 5.07. The second-order valence-corrected chi connectivity index (χ2v) is 3.92. The average Bonchev–Trinajstić information content (AvgIpc) is 2.31. The fourth-order valence-corrected chi connectivity index (χ4v) is 1.90. The van der Waals surface area contributed by atoms with Crippen LogP contribution in [0.1, 0.15) is 26.2 Å². The van der Waals surface area contributed by atoms with Crippen LogP contribution in [0.2, 0.25) is 0 Å². The quantitative estimate of drug-likeness (QED) is 0.813. The zero-order chi connectivity index (χ0) is 10.5. The Morgan fingerprint density at radius 3 is 3.07 bits per heavy atom. The Hall–Kier alpha value is -1.16. The van der Waals surface area contributed by atoms with Crippen LogP contribution in [0.25, 0.3) is 0 Å². The lowest BCUT2D eigenvalue weighted by Crippen LogP contribution is -2.44. The monoisotopic (exact) mass is 207 g/mol. The fourth-order valence-electron chi connectivity index (χ4n) is 1.90. The Bertz CT molecular complexity index is 285. The molecule has 0 amide bonds. The maximum atomic E-state index is 5.72. The van der Waals surface area contributed by atoms with Crippen LogP contribution < -0.4 is 10.1 Å². The van der Waals surface area contributed by atoms with Crippen LogP contribution in [0.5, 0.6) is 5.88 Å². The molecule has 2 unspecified atom stereocenters. The lowest BCUT2D eigenvalue weighted by molar-refractivity contribution is 0.146. The van der Waals surface area contributed by atoms with Gasteiger partial charge >= 0.3 is 0 Å². The molecule has 1 aliphatic heterocycles. The van der Waals surface area contributed by atoms with Gasteiger partial charge in [0.1, 0.15) is 6.10 Å². The number of aromatic nitrogens is 2. The molecule has 0 radical (unpaired) electrons. The van der Waals surface area contributed by atoms with Crippen LogP contribution in [0.4, 0.5) is 0 Å². The molecule has 15 heavy (non-hydrogen) atoms. The molecular formula is C11H17N3O. The summed E-state index contributed by atoms with van der Waals surface area (Å²) in [6, 6.07) is 0.445. The van der Waals surface area contributed by atoms with E-state index in [9.17, 15) is 0 Å². The van der Waals surface area contributed by atoms with E-state index >= 15 is 0 Å². The van der Waals surface area contributed by atoms with Crippen molar-refractivity contribution in [3.63, 3.8) is 0 Å². The van der Waals surface area contributed by atoms with Crippen LogP contribution in [0.15, 0.2) is 18.6 Å². The zero-order valence-corrected chi connectivity index (χ0v) is 9.02. The van der Waals surface area contributed by atoms with E-state index in [1.54, 1.807) is 18.6 Å². The summed E-state index contributed by atoms with van der Waals surface area (Å²) in [5.41, 5.74) is 0. The highest BCUT2D eigenvalue weighted by molar-refractivity contribution is 5.02. The molecule has 1 fully saturated rings. The first-order valence-corrected chi connectivity index (χ1v) is 5.52. The second-order valence-electron chi connectivity index (χ2n) is 3.92. The Balaban J connectivity index is 1.88. The summed E-state index contributed by atoms with van der Waals surface area (Å²) in [5, 5.41) is 3.47. The molecule has 2 rings (SSSR count). The van der Waals surface area contributed by atoms with E-state index in [4.69, 9.17) is 4.74 Å². The summed E-state index contributed by atoms with van der Waals surface area (Å²) >= 11 is 0. The van der Waals surface area contributed by atoms with Crippen molar-refractivity contribution in [1.29, 1.82) is 0 Å². The third kappa shape index (κ3) is 2.89. The molecule has 1 saturated heterocycles. The summed E-state index contributed by atoms with van der Waals surface area (Å²) in [7, 11) is 0. The van der Waals surface area contributed by atoms with Crippen molar-refractivity contribution < 1.29 is 4.74 Å². The highest BCUT2D eigenvalue weighted by Gasteiger charge is 2.20. The van der Waals surface area contributed by atoms with E-state index in [0.717, 1.165) is 6.54 Å². The third-order valence-corrected chi connectivity index (χ3v) is 2.76. The molecule has 0 aliphatic carbocycles. The predicted octanol–water partition coefficient (Wildman–Crippen LogP) is 1.39. The summed E-state index contributed by atoms with van der Waals surface area (Å²) in [6.07, 6.45) is 8.84. The first kappa shape index (κ1) is 10.4. The van der Waals surface area contributed by atoms with Crippen molar-refractivity contribution in [3.05, 3.63) is 18.6 Å². The van der Waals surface area contributed by atoms with Crippen LogP contribution in [-0.4, -0.2) is 28.7 Å². The summed E-state index contributed by atoms with van der Waals surface area (Å²) in [5.74, 6) is 0.609. The molecular weight excluding hydrogens is 190 g/mol. The Kier molecular flexibility index (Phi) is 3.50. The molecule has 0 spiro atoms. The molecule has 1 aliphatic rings. The normalized spacial score (nSPS) is 23.4. The van der Waals surface area contributed by atoms with Crippen molar-refractivity contribution in [3.8, 4) is 5.88 Å². The SMILES string of the molecule is CC(Oc1cnccn1)C1CCCCN1. The molecule has 4 heteroatoms. The van der Waals surface area contributed by atoms with Crippen molar-refractivity contribution in [1.82, 2.24) is 15.3 Å². The van der Waals surface area contributed by atoms with Crippen LogP contribution >= 0.6 is 0 Å². The van der Waals surface area contributed by atoms with Gasteiger partial charge in [-0.15, -0.1) is 0 Å². The van der Waals surface area contributed by atoms with E-state index in [2.05, 4.69) is 22.2 Å². The fraction of sp³-hybridized carbons (Fsp3) is 0.636. The lowest BCUT2D eigenvalue weighted by atomic mass is 10.0. The van der Waals surface area contributed by atoms with E-state index in [1.165, 1.54) is 19.3 Å². The van der Waals surface area contributed by atoms with Crippen molar-refractivity contribution in [2.75, 3.05) is 6.54 Å². The molecule has 4 nitrogen and oxygen atoms in total. The maximum Gasteiger partial charge on any atom is 0.232 e. The Morgan fingerprint density at radius 2 is 2.40 bits per heavy atom. The zero-order valence-electron chi connectivity index (χ0n) is 9.02. The molecule has 1 aromatic rings. The van der Waals surface area contributed by atoms with Crippen molar-refractivity contribution >= 4 is 0 Å². The largest absolute Gasteiger partial charge is 0.472 e. The number of rotatable bonds is 3. The average molecular weight is 207 g/mol. The van der Waals surface area contributed by atoms with Crippen LogP contribution in [0, 0.1) is 0 Å². The standard InChI is InChI=1S/C11H17N3O/c1-9(10-4-2-3-5-13-10)15-11-8-12-6-7-14-11/h6-10,13H,2-5H2,1H3. The highest BCUT2D eigenvalue weighted by atomic mass is 16.5. The number of hydrogen-bond donors (Lipinski definition) is 1. The van der Waals surface area contributed by atoms with Gasteiger partial charge in [0.2, 0.25) is 5.88 Å². The molecule has 2 heterocycles. The topological polar surface area (TPSA) is 47.0 Å². The molecule has 82 valence electrons. The van der Waals surface area contributed by atoms with Gasteiger partial charge in [0.25, 0.3) is 0 Å². The predicted molar refractivity (Wildman–Crippen MR) is 57.8 cm³/mol. The van der Waals surface area contributed by atoms with Crippen molar-refractivity contribution in [2.24, 2.45) is 0 Å². The van der Waals surface area contributed by atoms with E-state index in [-0.39, 0.29) is 6.10 Å². The minimum Gasteiger partial charge on any atom is -0.472 e. The van der Waals surface area contributed by atoms with Crippen molar-refractivity contribution in [2.45, 2.75) is 38.3 Å². The number of nitrogens with one attached hydrogen (secondary N) is 1. The molecule has 1 aromatic heterocycles. The van der Waals surface area contributed by atoms with Gasteiger partial charge in [0.05, 0.1) is 6.20 Å². The number of nitrogens with zero attached hydrogens (tertiary/aromatic N) is 2. The van der Waals surface area contributed by atoms with Gasteiger partial charge in [-0.05, 0) is 26.3 Å². The molecule has 0 bridgehead atoms. The van der Waals surface area contributed by atoms with E-state index < -0.39 is 0 Å². The van der Waals surface area contributed by atoms with Gasteiger partial charge in [-0.3, -0.25) is 4.98 Å². The van der Waals surface area contributed by atoms with E-state index in [1.807, 2.05) is 0 Å². The van der Waals surface area contributed by atoms with Gasteiger partial charge < -0.3 is 10.1 Å². The maximum absolute atomic E-state index is 5.72. The smallest absolute Gasteiger partial charge is 0.232 e. The first-order chi connectivity index (χ1) is 7.36. The Labute approximate surface area is 90.1 Å². The van der Waals surface area contributed by atoms with Gasteiger partial charge in [0, 0.05) is 18.4 Å². The molecule has 2 atom stereocenters. The number of hydrogen-bond acceptors (Lipinski definition) is 4. The minimum absolute atomic E-state index is 0.155. The number of ether oxygens (including phenoxy) is 1. The van der Waals surface area contributed by atoms with Crippen LogP contribution in [-0.2, 0) is 0 Å².